The highest BCUT2D eigenvalue weighted by Gasteiger charge is 2.27. The van der Waals surface area contributed by atoms with Crippen LogP contribution in [0.4, 0.5) is 0 Å². The van der Waals surface area contributed by atoms with E-state index in [4.69, 9.17) is 39.5 Å². The number of nitrogens with zero attached hydrogens (tertiary/aromatic N) is 1. The van der Waals surface area contributed by atoms with Crippen LogP contribution < -0.4 is 10.1 Å². The quantitative estimate of drug-likeness (QED) is 0.441. The van der Waals surface area contributed by atoms with Crippen molar-refractivity contribution in [2.24, 2.45) is 0 Å². The van der Waals surface area contributed by atoms with Gasteiger partial charge < -0.3 is 15.0 Å². The fourth-order valence-electron chi connectivity index (χ4n) is 2.91. The van der Waals surface area contributed by atoms with Crippen LogP contribution >= 0.6 is 34.8 Å². The summed E-state index contributed by atoms with van der Waals surface area (Å²) in [6.45, 7) is 5.97. The van der Waals surface area contributed by atoms with Crippen molar-refractivity contribution in [2.45, 2.75) is 46.2 Å². The van der Waals surface area contributed by atoms with Gasteiger partial charge in [-0.15, -0.1) is 0 Å². The molecule has 5 nitrogen and oxygen atoms in total. The van der Waals surface area contributed by atoms with E-state index < -0.39 is 6.04 Å². The van der Waals surface area contributed by atoms with E-state index in [1.165, 1.54) is 4.90 Å². The van der Waals surface area contributed by atoms with Gasteiger partial charge in [-0.1, -0.05) is 54.2 Å². The number of rotatable bonds is 10. The molecular formula is C23H27Cl3N2O3. The SMILES string of the molecule is CCCCNC(=O)[C@@H](C)N(Cc1c(Cl)cccc1Cl)C(=O)COc1ccc(Cl)c(C)c1. The summed E-state index contributed by atoms with van der Waals surface area (Å²) < 4.78 is 5.66. The van der Waals surface area contributed by atoms with Crippen molar-refractivity contribution < 1.29 is 14.3 Å². The zero-order chi connectivity index (χ0) is 23.0. The lowest BCUT2D eigenvalue weighted by molar-refractivity contribution is -0.142. The molecule has 0 aliphatic rings. The van der Waals surface area contributed by atoms with Gasteiger partial charge in [0.25, 0.3) is 5.91 Å². The van der Waals surface area contributed by atoms with Crippen LogP contribution in [0.25, 0.3) is 0 Å². The monoisotopic (exact) mass is 484 g/mol. The smallest absolute Gasteiger partial charge is 0.261 e. The third-order valence-corrected chi connectivity index (χ3v) is 6.01. The van der Waals surface area contributed by atoms with Crippen LogP contribution in [0.5, 0.6) is 5.75 Å². The molecule has 0 aromatic heterocycles. The minimum absolute atomic E-state index is 0.0860. The van der Waals surface area contributed by atoms with E-state index in [0.717, 1.165) is 18.4 Å². The highest BCUT2D eigenvalue weighted by atomic mass is 35.5. The average Bonchev–Trinajstić information content (AvgIpc) is 2.74. The molecule has 0 fully saturated rings. The molecule has 0 saturated heterocycles. The first-order valence-electron chi connectivity index (χ1n) is 10.1. The fraction of sp³-hybridized carbons (Fsp3) is 0.391. The van der Waals surface area contributed by atoms with Crippen molar-refractivity contribution in [1.29, 1.82) is 0 Å². The number of hydrogen-bond acceptors (Lipinski definition) is 3. The molecule has 1 atom stereocenters. The Hall–Kier alpha value is -1.95. The van der Waals surface area contributed by atoms with Crippen molar-refractivity contribution in [3.63, 3.8) is 0 Å². The Bertz CT molecular complexity index is 901. The minimum atomic E-state index is -0.729. The maximum atomic E-state index is 13.1. The number of ether oxygens (including phenoxy) is 1. The van der Waals surface area contributed by atoms with E-state index in [-0.39, 0.29) is 25.0 Å². The molecule has 2 amide bonds. The predicted molar refractivity (Wildman–Crippen MR) is 126 cm³/mol. The van der Waals surface area contributed by atoms with Crippen LogP contribution in [0, 0.1) is 6.92 Å². The highest BCUT2D eigenvalue weighted by molar-refractivity contribution is 6.36. The second-order valence-electron chi connectivity index (χ2n) is 7.24. The molecule has 8 heteroatoms. The Morgan fingerprint density at radius 2 is 1.77 bits per heavy atom. The molecule has 1 N–H and O–H groups in total. The molecule has 2 aromatic rings. The van der Waals surface area contributed by atoms with E-state index in [0.29, 0.717) is 32.9 Å². The molecule has 2 rings (SSSR count). The van der Waals surface area contributed by atoms with Gasteiger partial charge in [0.1, 0.15) is 11.8 Å². The van der Waals surface area contributed by atoms with Crippen LogP contribution in [-0.2, 0) is 16.1 Å². The molecule has 0 bridgehead atoms. The van der Waals surface area contributed by atoms with Crippen molar-refractivity contribution in [2.75, 3.05) is 13.2 Å². The summed E-state index contributed by atoms with van der Waals surface area (Å²) in [6, 6.07) is 9.56. The first-order chi connectivity index (χ1) is 14.7. The number of carbonyl (C=O) groups excluding carboxylic acids is 2. The third kappa shape index (κ3) is 7.30. The van der Waals surface area contributed by atoms with Gasteiger partial charge in [0.2, 0.25) is 5.91 Å². The van der Waals surface area contributed by atoms with E-state index >= 15 is 0 Å². The molecule has 0 radical (unpaired) electrons. The fourth-order valence-corrected chi connectivity index (χ4v) is 3.54. The van der Waals surface area contributed by atoms with E-state index in [2.05, 4.69) is 5.32 Å². The number of unbranched alkanes of at least 4 members (excludes halogenated alkanes) is 1. The minimum Gasteiger partial charge on any atom is -0.484 e. The van der Waals surface area contributed by atoms with Crippen molar-refractivity contribution in [1.82, 2.24) is 10.2 Å². The summed E-state index contributed by atoms with van der Waals surface area (Å²) in [6.07, 6.45) is 1.82. The van der Waals surface area contributed by atoms with E-state index in [1.807, 2.05) is 13.8 Å². The van der Waals surface area contributed by atoms with Crippen LogP contribution in [0.15, 0.2) is 36.4 Å². The van der Waals surface area contributed by atoms with Gasteiger partial charge in [-0.3, -0.25) is 9.59 Å². The molecule has 0 aliphatic carbocycles. The van der Waals surface area contributed by atoms with E-state index in [9.17, 15) is 9.59 Å². The molecule has 0 heterocycles. The van der Waals surface area contributed by atoms with Crippen molar-refractivity contribution >= 4 is 46.6 Å². The van der Waals surface area contributed by atoms with Crippen LogP contribution in [0.2, 0.25) is 15.1 Å². The van der Waals surface area contributed by atoms with Gasteiger partial charge in [0.15, 0.2) is 6.61 Å². The Morgan fingerprint density at radius 1 is 1.10 bits per heavy atom. The largest absolute Gasteiger partial charge is 0.484 e. The molecule has 2 aromatic carbocycles. The summed E-state index contributed by atoms with van der Waals surface area (Å²) in [5.41, 5.74) is 1.42. The summed E-state index contributed by atoms with van der Waals surface area (Å²) in [5, 5.41) is 4.34. The predicted octanol–water partition coefficient (Wildman–Crippen LogP) is 5.67. The zero-order valence-electron chi connectivity index (χ0n) is 17.9. The maximum Gasteiger partial charge on any atom is 0.261 e. The summed E-state index contributed by atoms with van der Waals surface area (Å²) in [4.78, 5) is 27.2. The number of benzene rings is 2. The van der Waals surface area contributed by atoms with Crippen molar-refractivity contribution in [3.05, 3.63) is 62.6 Å². The van der Waals surface area contributed by atoms with Crippen molar-refractivity contribution in [3.8, 4) is 5.75 Å². The maximum absolute atomic E-state index is 13.1. The molecule has 0 aliphatic heterocycles. The molecular weight excluding hydrogens is 459 g/mol. The second kappa shape index (κ2) is 12.2. The number of amides is 2. The van der Waals surface area contributed by atoms with Gasteiger partial charge in [-0.2, -0.15) is 0 Å². The van der Waals surface area contributed by atoms with Crippen LogP contribution in [0.1, 0.15) is 37.8 Å². The highest BCUT2D eigenvalue weighted by Crippen LogP contribution is 2.27. The zero-order valence-corrected chi connectivity index (χ0v) is 20.2. The van der Waals surface area contributed by atoms with Gasteiger partial charge in [0, 0.05) is 33.7 Å². The Kier molecular flexibility index (Phi) is 9.94. The number of hydrogen-bond donors (Lipinski definition) is 1. The van der Waals surface area contributed by atoms with Gasteiger partial charge in [-0.25, -0.2) is 0 Å². The normalized spacial score (nSPS) is 11.7. The average molecular weight is 486 g/mol. The molecule has 168 valence electrons. The Labute approximate surface area is 198 Å². The molecule has 31 heavy (non-hydrogen) atoms. The van der Waals surface area contributed by atoms with Gasteiger partial charge in [-0.05, 0) is 56.2 Å². The summed E-state index contributed by atoms with van der Waals surface area (Å²) in [7, 11) is 0. The lowest BCUT2D eigenvalue weighted by Crippen LogP contribution is -2.49. The lowest BCUT2D eigenvalue weighted by Gasteiger charge is -2.29. The van der Waals surface area contributed by atoms with E-state index in [1.54, 1.807) is 43.3 Å². The lowest BCUT2D eigenvalue weighted by atomic mass is 10.1. The first kappa shape index (κ1) is 25.3. The van der Waals surface area contributed by atoms with Crippen LogP contribution in [0.3, 0.4) is 0 Å². The molecule has 0 spiro atoms. The number of carbonyl (C=O) groups is 2. The third-order valence-electron chi connectivity index (χ3n) is 4.88. The standard InChI is InChI=1S/C23H27Cl3N2O3/c1-4-5-11-27-23(30)16(3)28(13-18-20(25)7-6-8-21(18)26)22(29)14-31-17-9-10-19(24)15(2)12-17/h6-10,12,16H,4-5,11,13-14H2,1-3H3,(H,27,30)/t16-/m1/s1. The van der Waals surface area contributed by atoms with Gasteiger partial charge >= 0.3 is 0 Å². The Balaban J connectivity index is 2.19. The molecule has 0 saturated carbocycles. The van der Waals surface area contributed by atoms with Crippen LogP contribution in [-0.4, -0.2) is 35.9 Å². The summed E-state index contributed by atoms with van der Waals surface area (Å²) >= 11 is 18.6. The topological polar surface area (TPSA) is 58.6 Å². The number of nitrogens with one attached hydrogen (secondary N) is 1. The molecule has 0 unspecified atom stereocenters. The number of aryl methyl sites for hydroxylation is 1. The summed E-state index contributed by atoms with van der Waals surface area (Å²) in [5.74, 6) is -0.0833. The first-order valence-corrected chi connectivity index (χ1v) is 11.3. The van der Waals surface area contributed by atoms with Gasteiger partial charge in [0.05, 0.1) is 0 Å². The Morgan fingerprint density at radius 3 is 2.39 bits per heavy atom. The number of halogens is 3. The second-order valence-corrected chi connectivity index (χ2v) is 8.46.